The number of amides is 2. The molecule has 2 amide bonds. The summed E-state index contributed by atoms with van der Waals surface area (Å²) in [5.41, 5.74) is 6.93. The van der Waals surface area contributed by atoms with E-state index < -0.39 is 17.7 Å². The maximum absolute atomic E-state index is 13.6. The van der Waals surface area contributed by atoms with Gasteiger partial charge in [-0.2, -0.15) is 0 Å². The largest absolute Gasteiger partial charge is 0.396 e. The molecule has 25 heavy (non-hydrogen) atoms. The van der Waals surface area contributed by atoms with Gasteiger partial charge in [-0.15, -0.1) is 0 Å². The Morgan fingerprint density at radius 1 is 1.04 bits per heavy atom. The van der Waals surface area contributed by atoms with Crippen LogP contribution in [0.4, 0.5) is 30.6 Å². The highest BCUT2D eigenvalue weighted by Gasteiger charge is 2.10. The van der Waals surface area contributed by atoms with E-state index in [1.807, 2.05) is 0 Å². The molecule has 134 valence electrons. The van der Waals surface area contributed by atoms with Crippen molar-refractivity contribution in [2.75, 3.05) is 35.6 Å². The number of urea groups is 1. The highest BCUT2D eigenvalue weighted by molar-refractivity contribution is 6.00. The lowest BCUT2D eigenvalue weighted by Crippen LogP contribution is -2.21. The van der Waals surface area contributed by atoms with Crippen LogP contribution < -0.4 is 21.7 Å². The van der Waals surface area contributed by atoms with Crippen molar-refractivity contribution in [3.8, 4) is 0 Å². The molecule has 0 atom stereocenters. The first kappa shape index (κ1) is 18.6. The minimum Gasteiger partial charge on any atom is -0.396 e. The van der Waals surface area contributed by atoms with Crippen molar-refractivity contribution in [2.45, 2.75) is 6.42 Å². The fourth-order valence-electron chi connectivity index (χ4n) is 2.27. The van der Waals surface area contributed by atoms with Crippen LogP contribution >= 0.6 is 0 Å². The SMILES string of the molecule is NCCNc1cc(F)cc(NC(=O)Nc2cc(F)ccc2CCO)c1. The van der Waals surface area contributed by atoms with Crippen LogP contribution in [-0.2, 0) is 6.42 Å². The van der Waals surface area contributed by atoms with E-state index in [0.717, 1.165) is 12.1 Å². The summed E-state index contributed by atoms with van der Waals surface area (Å²) >= 11 is 0. The smallest absolute Gasteiger partial charge is 0.323 e. The van der Waals surface area contributed by atoms with Gasteiger partial charge in [0.1, 0.15) is 11.6 Å². The minimum atomic E-state index is -0.653. The second-order valence-corrected chi connectivity index (χ2v) is 5.30. The normalized spacial score (nSPS) is 10.4. The van der Waals surface area contributed by atoms with Crippen LogP contribution in [-0.4, -0.2) is 30.8 Å². The second kappa shape index (κ2) is 8.95. The highest BCUT2D eigenvalue weighted by Crippen LogP contribution is 2.20. The van der Waals surface area contributed by atoms with E-state index in [2.05, 4.69) is 16.0 Å². The zero-order chi connectivity index (χ0) is 18.2. The van der Waals surface area contributed by atoms with Crippen molar-refractivity contribution in [3.63, 3.8) is 0 Å². The average molecular weight is 350 g/mol. The van der Waals surface area contributed by atoms with Gasteiger partial charge >= 0.3 is 6.03 Å². The van der Waals surface area contributed by atoms with Gasteiger partial charge in [0.2, 0.25) is 0 Å². The number of hydrogen-bond acceptors (Lipinski definition) is 4. The summed E-state index contributed by atoms with van der Waals surface area (Å²) in [5.74, 6) is -1.04. The molecule has 0 bridgehead atoms. The molecule has 0 radical (unpaired) electrons. The van der Waals surface area contributed by atoms with Gasteiger partial charge in [0.25, 0.3) is 0 Å². The first-order chi connectivity index (χ1) is 12.0. The summed E-state index contributed by atoms with van der Waals surface area (Å²) in [6.45, 7) is 0.706. The van der Waals surface area contributed by atoms with Gasteiger partial charge in [0.15, 0.2) is 0 Å². The van der Waals surface area contributed by atoms with Gasteiger partial charge in [-0.05, 0) is 42.3 Å². The Bertz CT molecular complexity index is 741. The third-order valence-electron chi connectivity index (χ3n) is 3.33. The number of aliphatic hydroxyl groups excluding tert-OH is 1. The van der Waals surface area contributed by atoms with Gasteiger partial charge in [-0.3, -0.25) is 0 Å². The molecule has 6 nitrogen and oxygen atoms in total. The topological polar surface area (TPSA) is 99.4 Å². The van der Waals surface area contributed by atoms with Crippen LogP contribution in [0.5, 0.6) is 0 Å². The molecule has 0 fully saturated rings. The Balaban J connectivity index is 2.10. The predicted molar refractivity (Wildman–Crippen MR) is 93.8 cm³/mol. The summed E-state index contributed by atoms with van der Waals surface area (Å²) in [6.07, 6.45) is 0.267. The predicted octanol–water partition coefficient (Wildman–Crippen LogP) is 2.51. The maximum atomic E-state index is 13.6. The highest BCUT2D eigenvalue weighted by atomic mass is 19.1. The Kier molecular flexibility index (Phi) is 6.67. The molecule has 0 saturated carbocycles. The molecule has 0 spiro atoms. The Hall–Kier alpha value is -2.71. The Morgan fingerprint density at radius 2 is 1.80 bits per heavy atom. The number of anilines is 3. The van der Waals surface area contributed by atoms with E-state index in [-0.39, 0.29) is 24.4 Å². The van der Waals surface area contributed by atoms with Crippen molar-refractivity contribution in [2.24, 2.45) is 5.73 Å². The van der Waals surface area contributed by atoms with Crippen LogP contribution in [0, 0.1) is 11.6 Å². The molecular formula is C17H20F2N4O2. The lowest BCUT2D eigenvalue weighted by molar-refractivity contribution is 0.262. The van der Waals surface area contributed by atoms with Crippen molar-refractivity contribution >= 4 is 23.1 Å². The zero-order valence-electron chi connectivity index (χ0n) is 13.5. The first-order valence-corrected chi connectivity index (χ1v) is 7.73. The summed E-state index contributed by atoms with van der Waals surface area (Å²) in [6, 6.07) is 7.23. The molecule has 8 heteroatoms. The molecule has 6 N–H and O–H groups in total. The number of rotatable bonds is 7. The van der Waals surface area contributed by atoms with Gasteiger partial charge < -0.3 is 26.8 Å². The van der Waals surface area contributed by atoms with E-state index in [9.17, 15) is 13.6 Å². The standard InChI is InChI=1S/C17H20F2N4O2/c18-12-2-1-11(3-6-24)16(9-12)23-17(25)22-15-8-13(19)7-14(10-15)21-5-4-20/h1-2,7-10,21,24H,3-6,20H2,(H2,22,23,25). The van der Waals surface area contributed by atoms with Crippen LogP contribution in [0.3, 0.4) is 0 Å². The third kappa shape index (κ3) is 5.70. The Morgan fingerprint density at radius 3 is 2.52 bits per heavy atom. The molecule has 0 heterocycles. The van der Waals surface area contributed by atoms with Crippen LogP contribution in [0.25, 0.3) is 0 Å². The number of nitrogens with two attached hydrogens (primary N) is 1. The van der Waals surface area contributed by atoms with E-state index in [1.54, 1.807) is 6.07 Å². The summed E-state index contributed by atoms with van der Waals surface area (Å²) < 4.78 is 27.0. The van der Waals surface area contributed by atoms with E-state index in [0.29, 0.717) is 24.3 Å². The Labute approximate surface area is 144 Å². The summed E-state index contributed by atoms with van der Waals surface area (Å²) in [5, 5.41) is 16.9. The molecule has 0 unspecified atom stereocenters. The van der Waals surface area contributed by atoms with Gasteiger partial charge in [0, 0.05) is 36.8 Å². The van der Waals surface area contributed by atoms with E-state index >= 15 is 0 Å². The van der Waals surface area contributed by atoms with Gasteiger partial charge in [-0.25, -0.2) is 13.6 Å². The number of halogens is 2. The van der Waals surface area contributed by atoms with Crippen LogP contribution in [0.2, 0.25) is 0 Å². The van der Waals surface area contributed by atoms with Gasteiger partial charge in [-0.1, -0.05) is 6.07 Å². The molecule has 2 rings (SSSR count). The lowest BCUT2D eigenvalue weighted by Gasteiger charge is -2.13. The number of carbonyl (C=O) groups is 1. The third-order valence-corrected chi connectivity index (χ3v) is 3.33. The maximum Gasteiger partial charge on any atom is 0.323 e. The molecule has 0 aliphatic rings. The van der Waals surface area contributed by atoms with Crippen molar-refractivity contribution in [1.29, 1.82) is 0 Å². The average Bonchev–Trinajstić information content (AvgIpc) is 2.55. The quantitative estimate of drug-likeness (QED) is 0.530. The van der Waals surface area contributed by atoms with Gasteiger partial charge in [0.05, 0.1) is 0 Å². The molecule has 0 aromatic heterocycles. The van der Waals surface area contributed by atoms with Crippen molar-refractivity contribution < 1.29 is 18.7 Å². The number of carbonyl (C=O) groups excluding carboxylic acids is 1. The summed E-state index contributed by atoms with van der Waals surface area (Å²) in [4.78, 5) is 12.1. The van der Waals surface area contributed by atoms with Crippen molar-refractivity contribution in [1.82, 2.24) is 0 Å². The molecule has 0 aliphatic carbocycles. The zero-order valence-corrected chi connectivity index (χ0v) is 13.5. The fourth-order valence-corrected chi connectivity index (χ4v) is 2.27. The molecule has 2 aromatic carbocycles. The van der Waals surface area contributed by atoms with Crippen molar-refractivity contribution in [3.05, 3.63) is 53.6 Å². The van der Waals surface area contributed by atoms with Crippen LogP contribution in [0.15, 0.2) is 36.4 Å². The van der Waals surface area contributed by atoms with E-state index in [4.69, 9.17) is 10.8 Å². The minimum absolute atomic E-state index is 0.137. The lowest BCUT2D eigenvalue weighted by atomic mass is 10.1. The number of benzene rings is 2. The van der Waals surface area contributed by atoms with E-state index in [1.165, 1.54) is 18.2 Å². The molecular weight excluding hydrogens is 330 g/mol. The number of nitrogens with one attached hydrogen (secondary N) is 3. The van der Waals surface area contributed by atoms with Crippen LogP contribution in [0.1, 0.15) is 5.56 Å². The molecule has 2 aromatic rings. The molecule has 0 aliphatic heterocycles. The number of aliphatic hydroxyl groups is 1. The second-order valence-electron chi connectivity index (χ2n) is 5.30. The monoisotopic (exact) mass is 350 g/mol. The first-order valence-electron chi connectivity index (χ1n) is 7.73. The number of hydrogen-bond donors (Lipinski definition) is 5. The molecule has 0 saturated heterocycles. The summed E-state index contributed by atoms with van der Waals surface area (Å²) in [7, 11) is 0. The fraction of sp³-hybridized carbons (Fsp3) is 0.235.